The lowest BCUT2D eigenvalue weighted by Crippen LogP contribution is -2.72. The Bertz CT molecular complexity index is 761. The van der Waals surface area contributed by atoms with Gasteiger partial charge in [-0.1, -0.05) is 12.1 Å². The summed E-state index contributed by atoms with van der Waals surface area (Å²) in [6.45, 7) is 0.870. The van der Waals surface area contributed by atoms with Crippen LogP contribution >= 0.6 is 11.6 Å². The maximum atomic E-state index is 12.5. The minimum Gasteiger partial charge on any atom is -0.504 e. The normalized spacial score (nSPS) is 41.3. The fraction of sp³-hybridized carbons (Fsp3) is 0.471. The van der Waals surface area contributed by atoms with Gasteiger partial charge in [0.1, 0.15) is 0 Å². The Labute approximate surface area is 133 Å². The van der Waals surface area contributed by atoms with Gasteiger partial charge in [-0.3, -0.25) is 4.79 Å². The smallest absolute Gasteiger partial charge is 0.196 e. The lowest BCUT2D eigenvalue weighted by molar-refractivity contribution is -0.126. The fourth-order valence-corrected chi connectivity index (χ4v) is 5.67. The van der Waals surface area contributed by atoms with E-state index in [2.05, 4.69) is 11.9 Å². The number of hydrogen-bond acceptors (Lipinski definition) is 4. The number of benzene rings is 1. The summed E-state index contributed by atoms with van der Waals surface area (Å²) in [5, 5.41) is 10.2. The third-order valence-electron chi connectivity index (χ3n) is 6.07. The van der Waals surface area contributed by atoms with Crippen molar-refractivity contribution in [3.63, 3.8) is 0 Å². The topological polar surface area (TPSA) is 49.8 Å². The second-order valence-electron chi connectivity index (χ2n) is 6.87. The van der Waals surface area contributed by atoms with E-state index in [9.17, 15) is 9.90 Å². The summed E-state index contributed by atoms with van der Waals surface area (Å²) in [5.74, 6) is 0.516. The number of likely N-dealkylation sites (tertiary alicyclic amines) is 1. The van der Waals surface area contributed by atoms with E-state index in [4.69, 9.17) is 16.3 Å². The summed E-state index contributed by atoms with van der Waals surface area (Å²) in [5.41, 5.74) is 1.56. The van der Waals surface area contributed by atoms with Crippen LogP contribution in [0.25, 0.3) is 0 Å². The zero-order valence-electron chi connectivity index (χ0n) is 12.2. The van der Waals surface area contributed by atoms with Gasteiger partial charge in [0.2, 0.25) is 0 Å². The van der Waals surface area contributed by atoms with Crippen molar-refractivity contribution in [3.05, 3.63) is 35.4 Å². The highest BCUT2D eigenvalue weighted by Gasteiger charge is 2.71. The van der Waals surface area contributed by atoms with Gasteiger partial charge in [-0.25, -0.2) is 0 Å². The largest absolute Gasteiger partial charge is 0.504 e. The first-order chi connectivity index (χ1) is 10.5. The Balaban J connectivity index is 1.91. The molecule has 4 aliphatic rings. The van der Waals surface area contributed by atoms with Gasteiger partial charge >= 0.3 is 0 Å². The van der Waals surface area contributed by atoms with Crippen LogP contribution in [0.5, 0.6) is 11.5 Å². The van der Waals surface area contributed by atoms with Gasteiger partial charge < -0.3 is 14.7 Å². The Hall–Kier alpha value is -1.52. The first-order valence-electron chi connectivity index (χ1n) is 7.63. The van der Waals surface area contributed by atoms with Gasteiger partial charge in [0.25, 0.3) is 0 Å². The van der Waals surface area contributed by atoms with Crippen LogP contribution in [0.3, 0.4) is 0 Å². The Morgan fingerprint density at radius 2 is 2.27 bits per heavy atom. The molecule has 1 aromatic rings. The third kappa shape index (κ3) is 1.14. The van der Waals surface area contributed by atoms with Crippen molar-refractivity contribution >= 4 is 17.4 Å². The summed E-state index contributed by atoms with van der Waals surface area (Å²) in [7, 11) is 2.09. The number of carbonyl (C=O) groups excluding carboxylic acids is 1. The van der Waals surface area contributed by atoms with E-state index in [0.29, 0.717) is 5.75 Å². The predicted molar refractivity (Wildman–Crippen MR) is 81.7 cm³/mol. The molecule has 114 valence electrons. The van der Waals surface area contributed by atoms with E-state index in [1.807, 2.05) is 12.1 Å². The van der Waals surface area contributed by atoms with Crippen LogP contribution < -0.4 is 4.74 Å². The molecule has 2 aliphatic carbocycles. The van der Waals surface area contributed by atoms with E-state index in [1.54, 1.807) is 12.1 Å². The van der Waals surface area contributed by atoms with Gasteiger partial charge in [-0.2, -0.15) is 0 Å². The van der Waals surface area contributed by atoms with E-state index in [0.717, 1.165) is 30.5 Å². The number of ketones is 1. The van der Waals surface area contributed by atoms with Crippen molar-refractivity contribution in [2.45, 2.75) is 35.3 Å². The molecule has 5 heteroatoms. The van der Waals surface area contributed by atoms with Gasteiger partial charge in [-0.05, 0) is 44.1 Å². The first kappa shape index (κ1) is 13.0. The summed E-state index contributed by atoms with van der Waals surface area (Å²) in [6.07, 6.45) is 4.38. The molecular weight excluding hydrogens is 302 g/mol. The molecule has 1 aromatic carbocycles. The third-order valence-corrected chi connectivity index (χ3v) is 6.79. The van der Waals surface area contributed by atoms with Crippen molar-refractivity contribution in [1.29, 1.82) is 0 Å². The maximum absolute atomic E-state index is 12.5. The maximum Gasteiger partial charge on any atom is 0.196 e. The van der Waals surface area contributed by atoms with Crippen molar-refractivity contribution < 1.29 is 14.6 Å². The fourth-order valence-electron chi connectivity index (χ4n) is 5.07. The average molecular weight is 318 g/mol. The Morgan fingerprint density at radius 3 is 3.09 bits per heavy atom. The van der Waals surface area contributed by atoms with Gasteiger partial charge in [0, 0.05) is 11.6 Å². The number of nitrogens with zero attached hydrogens (tertiary/aromatic N) is 1. The van der Waals surface area contributed by atoms with Gasteiger partial charge in [0.15, 0.2) is 23.4 Å². The monoisotopic (exact) mass is 317 g/mol. The molecule has 4 nitrogen and oxygen atoms in total. The molecule has 0 aromatic heterocycles. The van der Waals surface area contributed by atoms with Gasteiger partial charge in [-0.15, -0.1) is 11.6 Å². The molecule has 1 fully saturated rings. The first-order valence-corrected chi connectivity index (χ1v) is 8.01. The molecule has 2 aliphatic heterocycles. The van der Waals surface area contributed by atoms with E-state index < -0.39 is 16.4 Å². The predicted octanol–water partition coefficient (Wildman–Crippen LogP) is 1.77. The molecule has 5 rings (SSSR count). The number of hydrogen-bond donors (Lipinski definition) is 1. The summed E-state index contributed by atoms with van der Waals surface area (Å²) in [6, 6.07) is 3.74. The average Bonchev–Trinajstić information content (AvgIpc) is 2.85. The highest BCUT2D eigenvalue weighted by Crippen LogP contribution is 2.65. The van der Waals surface area contributed by atoms with Crippen molar-refractivity contribution in [3.8, 4) is 11.5 Å². The number of halogens is 1. The number of phenolic OH excluding ortho intramolecular Hbond substituents is 1. The molecule has 22 heavy (non-hydrogen) atoms. The molecule has 2 bridgehead atoms. The van der Waals surface area contributed by atoms with E-state index in [-0.39, 0.29) is 17.6 Å². The summed E-state index contributed by atoms with van der Waals surface area (Å²) >= 11 is 7.16. The minimum atomic E-state index is -0.662. The van der Waals surface area contributed by atoms with Crippen LogP contribution in [0.15, 0.2) is 24.3 Å². The SMILES string of the molecule is CN1CCC23c4c5ccc(O)c4O[C@H]2C(=O)C=C[C@@]3(Cl)C1C5. The van der Waals surface area contributed by atoms with Crippen LogP contribution in [0.2, 0.25) is 0 Å². The standard InChI is InChI=1S/C17H16ClNO3/c1-19-7-6-16-13-9-2-3-10(20)14(13)22-15(16)11(21)4-5-17(16,18)12(19)8-9/h2-5,12,15,20H,6-8H2,1H3/t12?,15-,16?,17+/m0/s1. The molecule has 1 N–H and O–H groups in total. The number of carbonyl (C=O) groups is 1. The zero-order valence-corrected chi connectivity index (χ0v) is 12.9. The van der Waals surface area contributed by atoms with Crippen LogP contribution in [-0.4, -0.2) is 46.4 Å². The minimum absolute atomic E-state index is 0.0528. The van der Waals surface area contributed by atoms with Crippen LogP contribution in [-0.2, 0) is 16.6 Å². The molecule has 0 radical (unpaired) electrons. The van der Waals surface area contributed by atoms with Crippen LogP contribution in [0, 0.1) is 0 Å². The van der Waals surface area contributed by atoms with Crippen molar-refractivity contribution in [2.24, 2.45) is 0 Å². The van der Waals surface area contributed by atoms with Crippen molar-refractivity contribution in [2.75, 3.05) is 13.6 Å². The zero-order chi connectivity index (χ0) is 15.3. The second kappa shape index (κ2) is 3.69. The van der Waals surface area contributed by atoms with Crippen molar-refractivity contribution in [1.82, 2.24) is 4.90 Å². The quantitative estimate of drug-likeness (QED) is 0.741. The Kier molecular flexibility index (Phi) is 2.17. The molecule has 0 amide bonds. The second-order valence-corrected chi connectivity index (χ2v) is 7.50. The molecule has 4 atom stereocenters. The number of phenols is 1. The number of alkyl halides is 1. The highest BCUT2D eigenvalue weighted by molar-refractivity contribution is 6.29. The Morgan fingerprint density at radius 1 is 1.45 bits per heavy atom. The number of piperidine rings is 1. The molecule has 2 heterocycles. The van der Waals surface area contributed by atoms with E-state index >= 15 is 0 Å². The molecule has 1 saturated heterocycles. The lowest BCUT2D eigenvalue weighted by atomic mass is 9.53. The molecule has 1 spiro atoms. The van der Waals surface area contributed by atoms with E-state index in [1.165, 1.54) is 0 Å². The van der Waals surface area contributed by atoms with Crippen LogP contribution in [0.1, 0.15) is 17.5 Å². The number of ether oxygens (including phenoxy) is 1. The molecular formula is C17H16ClNO3. The highest BCUT2D eigenvalue weighted by atomic mass is 35.5. The van der Waals surface area contributed by atoms with Gasteiger partial charge in [0.05, 0.1) is 10.3 Å². The molecule has 0 saturated carbocycles. The number of rotatable bonds is 0. The number of aromatic hydroxyl groups is 1. The van der Waals surface area contributed by atoms with Crippen LogP contribution in [0.4, 0.5) is 0 Å². The lowest BCUT2D eigenvalue weighted by Gasteiger charge is -2.59. The number of likely N-dealkylation sites (N-methyl/N-ethyl adjacent to an activating group) is 1. The summed E-state index contributed by atoms with van der Waals surface area (Å²) in [4.78, 5) is 14.1. The molecule has 2 unspecified atom stereocenters. The summed E-state index contributed by atoms with van der Waals surface area (Å²) < 4.78 is 5.97.